The van der Waals surface area contributed by atoms with Crippen molar-refractivity contribution in [2.75, 3.05) is 7.11 Å². The second kappa shape index (κ2) is 9.62. The molecule has 1 unspecified atom stereocenters. The van der Waals surface area contributed by atoms with Crippen LogP contribution in [0.3, 0.4) is 0 Å². The average Bonchev–Trinajstić information content (AvgIpc) is 2.64. The van der Waals surface area contributed by atoms with Crippen molar-refractivity contribution in [3.8, 4) is 5.75 Å². The summed E-state index contributed by atoms with van der Waals surface area (Å²) in [5.41, 5.74) is 2.07. The topological polar surface area (TPSA) is 52.6 Å². The summed E-state index contributed by atoms with van der Waals surface area (Å²) in [7, 11) is 1.63. The van der Waals surface area contributed by atoms with Crippen LogP contribution in [-0.4, -0.2) is 18.9 Å². The van der Waals surface area contributed by atoms with E-state index in [1.807, 2.05) is 54.6 Å². The van der Waals surface area contributed by atoms with Gasteiger partial charge in [0.25, 0.3) is 0 Å². The number of benzene rings is 2. The van der Waals surface area contributed by atoms with Crippen molar-refractivity contribution in [1.82, 2.24) is 0 Å². The Morgan fingerprint density at radius 2 is 1.64 bits per heavy atom. The van der Waals surface area contributed by atoms with Crippen LogP contribution in [0.4, 0.5) is 0 Å². The number of ketones is 1. The molecule has 0 aliphatic heterocycles. The molecule has 0 saturated heterocycles. The molecule has 0 N–H and O–H groups in total. The second-order valence-electron chi connectivity index (χ2n) is 6.00. The number of carbonyl (C=O) groups is 2. The normalized spacial score (nSPS) is 11.6. The lowest BCUT2D eigenvalue weighted by atomic mass is 9.96. The summed E-state index contributed by atoms with van der Waals surface area (Å²) in [5.74, 6) is -0.462. The van der Waals surface area contributed by atoms with Crippen molar-refractivity contribution in [3.63, 3.8) is 0 Å². The molecular formula is C21H24O4. The van der Waals surface area contributed by atoms with Gasteiger partial charge in [-0.1, -0.05) is 42.5 Å². The van der Waals surface area contributed by atoms with Gasteiger partial charge < -0.3 is 9.47 Å². The lowest BCUT2D eigenvalue weighted by molar-refractivity contribution is -0.153. The summed E-state index contributed by atoms with van der Waals surface area (Å²) >= 11 is 0. The molecule has 4 nitrogen and oxygen atoms in total. The van der Waals surface area contributed by atoms with Crippen molar-refractivity contribution in [2.45, 2.75) is 32.8 Å². The highest BCUT2D eigenvalue weighted by atomic mass is 16.5. The van der Waals surface area contributed by atoms with E-state index in [2.05, 4.69) is 0 Å². The molecule has 0 bridgehead atoms. The Morgan fingerprint density at radius 1 is 0.960 bits per heavy atom. The Hall–Kier alpha value is -2.62. The van der Waals surface area contributed by atoms with Gasteiger partial charge in [0.2, 0.25) is 0 Å². The largest absolute Gasteiger partial charge is 0.497 e. The van der Waals surface area contributed by atoms with Crippen LogP contribution in [0.5, 0.6) is 5.75 Å². The predicted molar refractivity (Wildman–Crippen MR) is 96.3 cm³/mol. The Morgan fingerprint density at radius 3 is 2.24 bits per heavy atom. The molecule has 0 aromatic heterocycles. The minimum absolute atomic E-state index is 0.146. The number of aryl methyl sites for hydroxylation is 1. The number of rotatable bonds is 9. The van der Waals surface area contributed by atoms with Gasteiger partial charge in [-0.2, -0.15) is 0 Å². The van der Waals surface area contributed by atoms with Gasteiger partial charge in [-0.15, -0.1) is 0 Å². The van der Waals surface area contributed by atoms with Gasteiger partial charge in [0.05, 0.1) is 7.11 Å². The molecule has 0 spiro atoms. The predicted octanol–water partition coefficient (Wildman–Crippen LogP) is 3.97. The van der Waals surface area contributed by atoms with Gasteiger partial charge in [-0.05, 0) is 49.4 Å². The van der Waals surface area contributed by atoms with E-state index in [4.69, 9.17) is 9.47 Å². The number of hydrogen-bond donors (Lipinski definition) is 0. The Balaban J connectivity index is 1.82. The van der Waals surface area contributed by atoms with Crippen molar-refractivity contribution >= 4 is 11.8 Å². The smallest absolute Gasteiger partial charge is 0.316 e. The van der Waals surface area contributed by atoms with Crippen molar-refractivity contribution in [1.29, 1.82) is 0 Å². The molecule has 0 saturated carbocycles. The zero-order valence-corrected chi connectivity index (χ0v) is 14.7. The highest BCUT2D eigenvalue weighted by molar-refractivity contribution is 5.97. The fraction of sp³-hybridized carbons (Fsp3) is 0.333. The molecule has 2 rings (SSSR count). The molecule has 0 radical (unpaired) electrons. The van der Waals surface area contributed by atoms with E-state index in [0.717, 1.165) is 29.7 Å². The Labute approximate surface area is 148 Å². The first kappa shape index (κ1) is 18.7. The number of hydrogen-bond acceptors (Lipinski definition) is 4. The summed E-state index contributed by atoms with van der Waals surface area (Å²) in [6.07, 6.45) is 2.05. The van der Waals surface area contributed by atoms with Gasteiger partial charge in [0.15, 0.2) is 0 Å². The van der Waals surface area contributed by atoms with Crippen molar-refractivity contribution in [2.24, 2.45) is 5.92 Å². The number of Topliss-reactive ketones (excluding diaryl/α,β-unsaturated/α-hetero) is 1. The molecule has 0 amide bonds. The zero-order chi connectivity index (χ0) is 18.1. The summed E-state index contributed by atoms with van der Waals surface area (Å²) in [6.45, 7) is 1.64. The van der Waals surface area contributed by atoms with E-state index >= 15 is 0 Å². The highest BCUT2D eigenvalue weighted by Gasteiger charge is 2.24. The molecule has 25 heavy (non-hydrogen) atoms. The lowest BCUT2D eigenvalue weighted by Crippen LogP contribution is -2.24. The third-order valence-electron chi connectivity index (χ3n) is 4.12. The zero-order valence-electron chi connectivity index (χ0n) is 14.7. The number of esters is 1. The minimum atomic E-state index is -0.693. The van der Waals surface area contributed by atoms with Crippen LogP contribution in [0.15, 0.2) is 54.6 Å². The van der Waals surface area contributed by atoms with Crippen LogP contribution in [0.1, 0.15) is 30.9 Å². The summed E-state index contributed by atoms with van der Waals surface area (Å²) < 4.78 is 10.4. The van der Waals surface area contributed by atoms with Crippen molar-refractivity contribution < 1.29 is 19.1 Å². The number of ether oxygens (including phenoxy) is 2. The Kier molecular flexibility index (Phi) is 7.20. The average molecular weight is 340 g/mol. The molecule has 0 aliphatic rings. The van der Waals surface area contributed by atoms with Gasteiger partial charge in [0.1, 0.15) is 24.1 Å². The number of methoxy groups -OCH3 is 1. The lowest BCUT2D eigenvalue weighted by Gasteiger charge is -2.13. The van der Waals surface area contributed by atoms with E-state index in [1.165, 1.54) is 6.92 Å². The van der Waals surface area contributed by atoms with Crippen molar-refractivity contribution in [3.05, 3.63) is 65.7 Å². The van der Waals surface area contributed by atoms with Crippen LogP contribution < -0.4 is 4.74 Å². The quantitative estimate of drug-likeness (QED) is 0.512. The van der Waals surface area contributed by atoms with Gasteiger partial charge in [-0.25, -0.2) is 0 Å². The SMILES string of the molecule is COc1ccc(CCCC(C(C)=O)C(=O)OCc2ccccc2)cc1. The molecular weight excluding hydrogens is 316 g/mol. The maximum atomic E-state index is 12.2. The maximum Gasteiger partial charge on any atom is 0.316 e. The van der Waals surface area contributed by atoms with Crippen LogP contribution in [-0.2, 0) is 27.4 Å². The first-order valence-electron chi connectivity index (χ1n) is 8.44. The Bertz CT molecular complexity index is 677. The van der Waals surface area contributed by atoms with E-state index in [0.29, 0.717) is 6.42 Å². The maximum absolute atomic E-state index is 12.2. The molecule has 1 atom stereocenters. The summed E-state index contributed by atoms with van der Waals surface area (Å²) in [6, 6.07) is 17.3. The fourth-order valence-corrected chi connectivity index (χ4v) is 2.62. The van der Waals surface area contributed by atoms with Crippen LogP contribution in [0.25, 0.3) is 0 Å². The molecule has 0 fully saturated rings. The summed E-state index contributed by atoms with van der Waals surface area (Å²) in [5, 5.41) is 0. The first-order chi connectivity index (χ1) is 12.1. The third-order valence-corrected chi connectivity index (χ3v) is 4.12. The van der Waals surface area contributed by atoms with Gasteiger partial charge in [-0.3, -0.25) is 9.59 Å². The van der Waals surface area contributed by atoms with Crippen LogP contribution in [0, 0.1) is 5.92 Å². The minimum Gasteiger partial charge on any atom is -0.497 e. The van der Waals surface area contributed by atoms with Gasteiger partial charge >= 0.3 is 5.97 Å². The van der Waals surface area contributed by atoms with E-state index in [9.17, 15) is 9.59 Å². The van der Waals surface area contributed by atoms with Crippen LogP contribution >= 0.6 is 0 Å². The second-order valence-corrected chi connectivity index (χ2v) is 6.00. The third kappa shape index (κ3) is 6.07. The summed E-state index contributed by atoms with van der Waals surface area (Å²) in [4.78, 5) is 24.0. The molecule has 0 heterocycles. The van der Waals surface area contributed by atoms with E-state index < -0.39 is 11.9 Å². The standard InChI is InChI=1S/C21H24O4/c1-16(22)20(21(23)25-15-18-7-4-3-5-8-18)10-6-9-17-11-13-19(24-2)14-12-17/h3-5,7-8,11-14,20H,6,9-10,15H2,1-2H3. The molecule has 132 valence electrons. The number of carbonyl (C=O) groups excluding carboxylic acids is 2. The van der Waals surface area contributed by atoms with E-state index in [1.54, 1.807) is 7.11 Å². The highest BCUT2D eigenvalue weighted by Crippen LogP contribution is 2.17. The fourth-order valence-electron chi connectivity index (χ4n) is 2.62. The molecule has 2 aromatic rings. The van der Waals surface area contributed by atoms with Crippen LogP contribution in [0.2, 0.25) is 0 Å². The molecule has 2 aromatic carbocycles. The molecule has 0 aliphatic carbocycles. The monoisotopic (exact) mass is 340 g/mol. The molecule has 4 heteroatoms. The first-order valence-corrected chi connectivity index (χ1v) is 8.44. The van der Waals surface area contributed by atoms with E-state index in [-0.39, 0.29) is 12.4 Å². The van der Waals surface area contributed by atoms with Gasteiger partial charge in [0, 0.05) is 0 Å².